The minimum atomic E-state index is -0.837. The summed E-state index contributed by atoms with van der Waals surface area (Å²) >= 11 is 1.71. The summed E-state index contributed by atoms with van der Waals surface area (Å²) in [6, 6.07) is 0. The molecule has 2 rings (SSSR count). The van der Waals surface area contributed by atoms with Crippen LogP contribution in [0.25, 0.3) is 0 Å². The van der Waals surface area contributed by atoms with Crippen LogP contribution < -0.4 is 5.73 Å². The van der Waals surface area contributed by atoms with Crippen molar-refractivity contribution in [1.82, 2.24) is 4.90 Å². The Hall–Kier alpha value is -0.460. The number of nitrogens with two attached hydrogens (primary N) is 1. The van der Waals surface area contributed by atoms with Gasteiger partial charge >= 0.3 is 6.09 Å². The normalized spacial score (nSPS) is 31.1. The largest absolute Gasteiger partial charge is 0.444 e. The van der Waals surface area contributed by atoms with E-state index in [-0.39, 0.29) is 6.09 Å². The molecule has 104 valence electrons. The second-order valence-corrected chi connectivity index (χ2v) is 7.43. The summed E-state index contributed by atoms with van der Waals surface area (Å²) in [6.45, 7) is 6.25. The number of aliphatic hydroxyl groups is 1. The molecule has 2 aliphatic heterocycles. The van der Waals surface area contributed by atoms with E-state index >= 15 is 0 Å². The van der Waals surface area contributed by atoms with Crippen LogP contribution in [0.1, 0.15) is 27.2 Å². The maximum absolute atomic E-state index is 11.8. The van der Waals surface area contributed by atoms with Gasteiger partial charge in [0.1, 0.15) is 5.60 Å². The number of hydrogen-bond donors (Lipinski definition) is 2. The number of rotatable bonds is 1. The second kappa shape index (κ2) is 4.28. The van der Waals surface area contributed by atoms with Crippen LogP contribution in [0.4, 0.5) is 4.79 Å². The SMILES string of the molecule is CC(C)(C)OC(=O)N1CC(N)(C2(O)CCSC2)C1. The van der Waals surface area contributed by atoms with Crippen LogP contribution in [0.2, 0.25) is 0 Å². The quantitative estimate of drug-likeness (QED) is 0.740. The number of amides is 1. The molecule has 0 aromatic rings. The Bertz CT molecular complexity index is 342. The summed E-state index contributed by atoms with van der Waals surface area (Å²) in [7, 11) is 0. The lowest BCUT2D eigenvalue weighted by atomic mass is 9.74. The molecule has 6 heteroatoms. The highest BCUT2D eigenvalue weighted by Gasteiger charge is 2.57. The van der Waals surface area contributed by atoms with Crippen molar-refractivity contribution < 1.29 is 14.6 Å². The summed E-state index contributed by atoms with van der Waals surface area (Å²) in [6.07, 6.45) is 0.355. The van der Waals surface area contributed by atoms with Gasteiger partial charge < -0.3 is 20.5 Å². The molecule has 1 unspecified atom stereocenters. The minimum Gasteiger partial charge on any atom is -0.444 e. The first-order chi connectivity index (χ1) is 8.15. The standard InChI is InChI=1S/C12H22N2O3S/c1-10(2,3)17-9(15)14-6-11(13,7-14)12(16)4-5-18-8-12/h16H,4-8,13H2,1-3H3. The Balaban J connectivity index is 1.91. The van der Waals surface area contributed by atoms with Gasteiger partial charge in [-0.3, -0.25) is 0 Å². The van der Waals surface area contributed by atoms with Gasteiger partial charge in [0.2, 0.25) is 0 Å². The Morgan fingerprint density at radius 3 is 2.50 bits per heavy atom. The molecule has 2 aliphatic rings. The lowest BCUT2D eigenvalue weighted by Crippen LogP contribution is -2.79. The van der Waals surface area contributed by atoms with Gasteiger partial charge in [0.25, 0.3) is 0 Å². The van der Waals surface area contributed by atoms with Crippen LogP contribution in [0.3, 0.4) is 0 Å². The molecule has 1 amide bonds. The first kappa shape index (κ1) is 14.0. The first-order valence-corrected chi connectivity index (χ1v) is 7.38. The second-order valence-electron chi connectivity index (χ2n) is 6.33. The number of ether oxygens (including phenoxy) is 1. The fourth-order valence-electron chi connectivity index (χ4n) is 2.33. The van der Waals surface area contributed by atoms with E-state index in [9.17, 15) is 9.90 Å². The molecule has 0 aromatic heterocycles. The van der Waals surface area contributed by atoms with Crippen LogP contribution in [0, 0.1) is 0 Å². The zero-order chi connectivity index (χ0) is 13.6. The van der Waals surface area contributed by atoms with Gasteiger partial charge in [-0.2, -0.15) is 11.8 Å². The molecule has 0 aliphatic carbocycles. The number of carbonyl (C=O) groups is 1. The lowest BCUT2D eigenvalue weighted by Gasteiger charge is -2.54. The van der Waals surface area contributed by atoms with Crippen LogP contribution >= 0.6 is 11.8 Å². The van der Waals surface area contributed by atoms with Gasteiger partial charge in [-0.15, -0.1) is 0 Å². The van der Waals surface area contributed by atoms with Crippen LogP contribution in [0.5, 0.6) is 0 Å². The molecule has 3 N–H and O–H groups in total. The highest BCUT2D eigenvalue weighted by molar-refractivity contribution is 7.99. The number of carbonyl (C=O) groups excluding carboxylic acids is 1. The van der Waals surface area contributed by atoms with Crippen molar-refractivity contribution in [2.24, 2.45) is 5.73 Å². The molecule has 0 bridgehead atoms. The molecule has 0 aromatic carbocycles. The molecule has 2 heterocycles. The molecule has 0 saturated carbocycles. The van der Waals surface area contributed by atoms with E-state index in [1.165, 1.54) is 0 Å². The minimum absolute atomic E-state index is 0.349. The smallest absolute Gasteiger partial charge is 0.410 e. The Kier molecular flexibility index (Phi) is 3.32. The van der Waals surface area contributed by atoms with E-state index in [4.69, 9.17) is 10.5 Å². The first-order valence-electron chi connectivity index (χ1n) is 6.22. The molecule has 1 atom stereocenters. The monoisotopic (exact) mass is 274 g/mol. The van der Waals surface area contributed by atoms with Crippen molar-refractivity contribution in [3.8, 4) is 0 Å². The van der Waals surface area contributed by atoms with Crippen molar-refractivity contribution >= 4 is 17.9 Å². The van der Waals surface area contributed by atoms with Crippen molar-refractivity contribution in [1.29, 1.82) is 0 Å². The molecular formula is C12H22N2O3S. The van der Waals surface area contributed by atoms with Gasteiger partial charge in [0.05, 0.1) is 11.1 Å². The average molecular weight is 274 g/mol. The number of nitrogens with zero attached hydrogens (tertiary/aromatic N) is 1. The summed E-state index contributed by atoms with van der Waals surface area (Å²) in [5, 5.41) is 10.5. The van der Waals surface area contributed by atoms with Gasteiger partial charge in [-0.1, -0.05) is 0 Å². The fourth-order valence-corrected chi connectivity index (χ4v) is 3.73. The van der Waals surface area contributed by atoms with Crippen molar-refractivity contribution in [3.63, 3.8) is 0 Å². The molecule has 18 heavy (non-hydrogen) atoms. The average Bonchev–Trinajstić information content (AvgIpc) is 2.58. The third-order valence-electron chi connectivity index (χ3n) is 3.53. The third-order valence-corrected chi connectivity index (χ3v) is 4.70. The molecule has 5 nitrogen and oxygen atoms in total. The van der Waals surface area contributed by atoms with Gasteiger partial charge in [-0.05, 0) is 32.9 Å². The summed E-state index contributed by atoms with van der Waals surface area (Å²) in [5.41, 5.74) is 4.22. The maximum Gasteiger partial charge on any atom is 0.410 e. The van der Waals surface area contributed by atoms with Crippen LogP contribution in [-0.4, -0.2) is 57.4 Å². The fraction of sp³-hybridized carbons (Fsp3) is 0.917. The number of thioether (sulfide) groups is 1. The van der Waals surface area contributed by atoms with Crippen molar-refractivity contribution in [2.45, 2.75) is 43.9 Å². The number of likely N-dealkylation sites (tertiary alicyclic amines) is 1. The number of hydrogen-bond acceptors (Lipinski definition) is 5. The Morgan fingerprint density at radius 1 is 1.44 bits per heavy atom. The third kappa shape index (κ3) is 2.46. The summed E-state index contributed by atoms with van der Waals surface area (Å²) in [4.78, 5) is 13.4. The zero-order valence-electron chi connectivity index (χ0n) is 11.2. The van der Waals surface area contributed by atoms with Crippen molar-refractivity contribution in [2.75, 3.05) is 24.6 Å². The Morgan fingerprint density at radius 2 is 2.06 bits per heavy atom. The van der Waals surface area contributed by atoms with Gasteiger partial charge in [0.15, 0.2) is 0 Å². The Labute approximate surface area is 112 Å². The summed E-state index contributed by atoms with van der Waals surface area (Å²) < 4.78 is 5.28. The zero-order valence-corrected chi connectivity index (χ0v) is 12.0. The molecule has 0 radical (unpaired) electrons. The van der Waals surface area contributed by atoms with E-state index in [1.54, 1.807) is 16.7 Å². The van der Waals surface area contributed by atoms with Crippen LogP contribution in [0.15, 0.2) is 0 Å². The van der Waals surface area contributed by atoms with Crippen molar-refractivity contribution in [3.05, 3.63) is 0 Å². The highest BCUT2D eigenvalue weighted by Crippen LogP contribution is 2.40. The lowest BCUT2D eigenvalue weighted by molar-refractivity contribution is -0.0905. The van der Waals surface area contributed by atoms with E-state index < -0.39 is 16.7 Å². The molecule has 2 saturated heterocycles. The maximum atomic E-state index is 11.8. The molecule has 0 spiro atoms. The predicted octanol–water partition coefficient (Wildman–Crippen LogP) is 0.803. The van der Waals surface area contributed by atoms with E-state index in [0.717, 1.165) is 5.75 Å². The van der Waals surface area contributed by atoms with E-state index in [0.29, 0.717) is 25.3 Å². The summed E-state index contributed by atoms with van der Waals surface area (Å²) in [5.74, 6) is 1.59. The van der Waals surface area contributed by atoms with Crippen LogP contribution in [-0.2, 0) is 4.74 Å². The topological polar surface area (TPSA) is 75.8 Å². The predicted molar refractivity (Wildman–Crippen MR) is 71.6 cm³/mol. The van der Waals surface area contributed by atoms with Gasteiger partial charge in [0, 0.05) is 18.8 Å². The van der Waals surface area contributed by atoms with E-state index in [2.05, 4.69) is 0 Å². The molecule has 2 fully saturated rings. The van der Waals surface area contributed by atoms with E-state index in [1.807, 2.05) is 20.8 Å². The highest BCUT2D eigenvalue weighted by atomic mass is 32.2. The van der Waals surface area contributed by atoms with Gasteiger partial charge in [-0.25, -0.2) is 4.79 Å². The molecular weight excluding hydrogens is 252 g/mol.